The lowest BCUT2D eigenvalue weighted by molar-refractivity contribution is -0.127. The van der Waals surface area contributed by atoms with Crippen molar-refractivity contribution >= 4 is 11.7 Å². The second-order valence-electron chi connectivity index (χ2n) is 3.61. The Morgan fingerprint density at radius 3 is 2.31 bits per heavy atom. The predicted octanol–water partition coefficient (Wildman–Crippen LogP) is 0.0318. The molecule has 0 aromatic rings. The average molecular weight is 186 g/mol. The molecular weight excluding hydrogens is 168 g/mol. The average Bonchev–Trinajstić information content (AvgIpc) is 1.80. The lowest BCUT2D eigenvalue weighted by Gasteiger charge is -2.17. The van der Waals surface area contributed by atoms with Gasteiger partial charge in [-0.05, 0) is 27.9 Å². The third-order valence-corrected chi connectivity index (χ3v) is 1.46. The Morgan fingerprint density at radius 1 is 1.38 bits per heavy atom. The van der Waals surface area contributed by atoms with Crippen LogP contribution in [0.25, 0.3) is 0 Å². The van der Waals surface area contributed by atoms with Crippen molar-refractivity contribution in [3.8, 4) is 0 Å². The van der Waals surface area contributed by atoms with Gasteiger partial charge in [0.15, 0.2) is 0 Å². The predicted molar refractivity (Wildman–Crippen MR) is 51.5 cm³/mol. The fraction of sp³-hybridized carbons (Fsp3) is 0.778. The van der Waals surface area contributed by atoms with Crippen LogP contribution in [0.4, 0.5) is 0 Å². The monoisotopic (exact) mass is 186 g/mol. The van der Waals surface area contributed by atoms with Crippen LogP contribution in [0.5, 0.6) is 0 Å². The van der Waals surface area contributed by atoms with Crippen molar-refractivity contribution in [3.63, 3.8) is 0 Å². The zero-order chi connectivity index (χ0) is 10.4. The molecule has 0 heterocycles. The van der Waals surface area contributed by atoms with E-state index in [0.717, 1.165) is 6.54 Å². The van der Waals surface area contributed by atoms with Crippen LogP contribution in [0, 0.1) is 0 Å². The van der Waals surface area contributed by atoms with Crippen LogP contribution >= 0.6 is 0 Å². The quantitative estimate of drug-likeness (QED) is 0.616. The largest absolute Gasteiger partial charge is 0.352 e. The Labute approximate surface area is 79.3 Å². The van der Waals surface area contributed by atoms with E-state index in [4.69, 9.17) is 0 Å². The summed E-state index contributed by atoms with van der Waals surface area (Å²) in [5.74, 6) is -0.295. The van der Waals surface area contributed by atoms with E-state index in [1.54, 1.807) is 0 Å². The number of ketones is 1. The summed E-state index contributed by atoms with van der Waals surface area (Å²) in [4.78, 5) is 23.7. The van der Waals surface area contributed by atoms with E-state index in [1.165, 1.54) is 6.92 Å². The first kappa shape index (κ1) is 12.1. The molecule has 0 aliphatic rings. The molecular formula is C9H18N2O2. The topological polar surface area (TPSA) is 49.4 Å². The van der Waals surface area contributed by atoms with E-state index >= 15 is 0 Å². The molecule has 4 nitrogen and oxygen atoms in total. The number of rotatable bonds is 5. The second kappa shape index (κ2) is 5.70. The maximum atomic E-state index is 11.1. The lowest BCUT2D eigenvalue weighted by Crippen LogP contribution is -2.40. The van der Waals surface area contributed by atoms with E-state index in [-0.39, 0.29) is 24.2 Å². The zero-order valence-electron chi connectivity index (χ0n) is 8.76. The first-order valence-electron chi connectivity index (χ1n) is 4.35. The molecule has 76 valence electrons. The number of hydrogen-bond acceptors (Lipinski definition) is 3. The third-order valence-electron chi connectivity index (χ3n) is 1.46. The summed E-state index contributed by atoms with van der Waals surface area (Å²) >= 11 is 0. The Balaban J connectivity index is 3.71. The number of nitrogens with one attached hydrogen (secondary N) is 1. The molecule has 0 fully saturated rings. The summed E-state index contributed by atoms with van der Waals surface area (Å²) in [7, 11) is 3.88. The molecule has 0 saturated heterocycles. The van der Waals surface area contributed by atoms with Gasteiger partial charge in [0.25, 0.3) is 0 Å². The molecule has 0 spiro atoms. The van der Waals surface area contributed by atoms with Gasteiger partial charge in [-0.15, -0.1) is 0 Å². The molecule has 1 N–H and O–H groups in total. The number of carbonyl (C=O) groups is 2. The van der Waals surface area contributed by atoms with Gasteiger partial charge in [0, 0.05) is 12.6 Å². The van der Waals surface area contributed by atoms with Crippen LogP contribution in [0.15, 0.2) is 0 Å². The van der Waals surface area contributed by atoms with Gasteiger partial charge in [0.1, 0.15) is 5.78 Å². The van der Waals surface area contributed by atoms with Crippen LogP contribution in [-0.4, -0.2) is 43.3 Å². The van der Waals surface area contributed by atoms with Gasteiger partial charge in [-0.2, -0.15) is 0 Å². The maximum Gasteiger partial charge on any atom is 0.227 e. The van der Waals surface area contributed by atoms with Crippen LogP contribution in [-0.2, 0) is 9.59 Å². The summed E-state index contributed by atoms with van der Waals surface area (Å²) in [6.45, 7) is 4.11. The molecule has 0 saturated carbocycles. The minimum Gasteiger partial charge on any atom is -0.352 e. The van der Waals surface area contributed by atoms with Crippen molar-refractivity contribution in [2.24, 2.45) is 0 Å². The van der Waals surface area contributed by atoms with Gasteiger partial charge in [-0.3, -0.25) is 9.59 Å². The smallest absolute Gasteiger partial charge is 0.227 e. The zero-order valence-corrected chi connectivity index (χ0v) is 8.76. The fourth-order valence-corrected chi connectivity index (χ4v) is 1.15. The summed E-state index contributed by atoms with van der Waals surface area (Å²) in [6, 6.07) is 0.0850. The molecule has 13 heavy (non-hydrogen) atoms. The van der Waals surface area contributed by atoms with Gasteiger partial charge < -0.3 is 10.2 Å². The number of Topliss-reactive ketones (excluding diaryl/α,β-unsaturated/α-hetero) is 1. The highest BCUT2D eigenvalue weighted by Gasteiger charge is 2.09. The summed E-state index contributed by atoms with van der Waals surface area (Å²) in [5.41, 5.74) is 0. The number of amides is 1. The number of nitrogens with zero attached hydrogens (tertiary/aromatic N) is 1. The summed E-state index contributed by atoms with van der Waals surface area (Å²) < 4.78 is 0. The molecule has 0 aliphatic carbocycles. The normalized spacial score (nSPS) is 12.7. The molecule has 0 aliphatic heterocycles. The van der Waals surface area contributed by atoms with E-state index < -0.39 is 0 Å². The first-order valence-corrected chi connectivity index (χ1v) is 4.35. The van der Waals surface area contributed by atoms with Gasteiger partial charge in [0.05, 0.1) is 6.42 Å². The Morgan fingerprint density at radius 2 is 1.92 bits per heavy atom. The molecule has 0 rings (SSSR count). The van der Waals surface area contributed by atoms with E-state index in [9.17, 15) is 9.59 Å². The highest BCUT2D eigenvalue weighted by molar-refractivity contribution is 5.96. The molecule has 1 unspecified atom stereocenters. The maximum absolute atomic E-state index is 11.1. The molecule has 0 aromatic heterocycles. The fourth-order valence-electron chi connectivity index (χ4n) is 1.15. The van der Waals surface area contributed by atoms with Crippen molar-refractivity contribution in [2.75, 3.05) is 20.6 Å². The van der Waals surface area contributed by atoms with Gasteiger partial charge in [-0.25, -0.2) is 0 Å². The van der Waals surface area contributed by atoms with E-state index in [0.29, 0.717) is 0 Å². The lowest BCUT2D eigenvalue weighted by atomic mass is 10.2. The first-order chi connectivity index (χ1) is 5.91. The van der Waals surface area contributed by atoms with Crippen LogP contribution in [0.2, 0.25) is 0 Å². The Bertz CT molecular complexity index is 190. The Hall–Kier alpha value is -0.900. The number of hydrogen-bond donors (Lipinski definition) is 1. The summed E-state index contributed by atoms with van der Waals surface area (Å²) in [6.07, 6.45) is -0.0161. The van der Waals surface area contributed by atoms with Gasteiger partial charge in [-0.1, -0.05) is 0 Å². The van der Waals surface area contributed by atoms with Crippen molar-refractivity contribution in [1.29, 1.82) is 0 Å². The van der Waals surface area contributed by atoms with Crippen molar-refractivity contribution in [2.45, 2.75) is 26.3 Å². The summed E-state index contributed by atoms with van der Waals surface area (Å²) in [5, 5.41) is 2.74. The molecule has 4 heteroatoms. The second-order valence-corrected chi connectivity index (χ2v) is 3.61. The van der Waals surface area contributed by atoms with Crippen LogP contribution < -0.4 is 5.32 Å². The number of carbonyl (C=O) groups excluding carboxylic acids is 2. The standard InChI is InChI=1S/C9H18N2O2/c1-7(6-11(3)4)10-9(13)5-8(2)12/h7H,5-6H2,1-4H3,(H,10,13). The van der Waals surface area contributed by atoms with Crippen LogP contribution in [0.1, 0.15) is 20.3 Å². The highest BCUT2D eigenvalue weighted by Crippen LogP contribution is 1.88. The van der Waals surface area contributed by atoms with Crippen molar-refractivity contribution in [3.05, 3.63) is 0 Å². The molecule has 1 amide bonds. The molecule has 0 radical (unpaired) electrons. The third kappa shape index (κ3) is 7.46. The molecule has 1 atom stereocenters. The number of likely N-dealkylation sites (N-methyl/N-ethyl adjacent to an activating group) is 1. The SMILES string of the molecule is CC(=O)CC(=O)NC(C)CN(C)C. The van der Waals surface area contributed by atoms with E-state index in [1.807, 2.05) is 25.9 Å². The van der Waals surface area contributed by atoms with Crippen LogP contribution in [0.3, 0.4) is 0 Å². The van der Waals surface area contributed by atoms with Gasteiger partial charge >= 0.3 is 0 Å². The minimum absolute atomic E-state index is 0.0161. The highest BCUT2D eigenvalue weighted by atomic mass is 16.2. The van der Waals surface area contributed by atoms with Gasteiger partial charge in [0.2, 0.25) is 5.91 Å². The van der Waals surface area contributed by atoms with Crippen molar-refractivity contribution < 1.29 is 9.59 Å². The Kier molecular flexibility index (Phi) is 5.30. The van der Waals surface area contributed by atoms with Crippen molar-refractivity contribution in [1.82, 2.24) is 10.2 Å². The minimum atomic E-state index is -0.193. The molecule has 0 aromatic carbocycles. The van der Waals surface area contributed by atoms with E-state index in [2.05, 4.69) is 5.32 Å². The molecule has 0 bridgehead atoms.